The number of carbonyl (C=O) groups is 2. The van der Waals surface area contributed by atoms with Crippen LogP contribution in [0.4, 0.5) is 16.2 Å². The van der Waals surface area contributed by atoms with Crippen molar-refractivity contribution in [3.8, 4) is 0 Å². The Kier molecular flexibility index (Phi) is 6.69. The van der Waals surface area contributed by atoms with E-state index < -0.39 is 0 Å². The average molecular weight is 396 g/mol. The highest BCUT2D eigenvalue weighted by Crippen LogP contribution is 2.22. The minimum absolute atomic E-state index is 0.0303. The molecular weight excluding hydrogens is 368 g/mol. The number of ether oxygens (including phenoxy) is 1. The van der Waals surface area contributed by atoms with Crippen molar-refractivity contribution in [2.24, 2.45) is 0 Å². The summed E-state index contributed by atoms with van der Waals surface area (Å²) in [5.74, 6) is -0.196. The summed E-state index contributed by atoms with van der Waals surface area (Å²) in [6, 6.07) is 9.70. The molecule has 1 aliphatic rings. The van der Waals surface area contributed by atoms with Gasteiger partial charge in [-0.25, -0.2) is 9.78 Å². The van der Waals surface area contributed by atoms with Gasteiger partial charge in [0.25, 0.3) is 5.91 Å². The maximum atomic E-state index is 12.5. The first-order chi connectivity index (χ1) is 14.0. The van der Waals surface area contributed by atoms with E-state index in [9.17, 15) is 9.59 Å². The minimum Gasteiger partial charge on any atom is -0.450 e. The van der Waals surface area contributed by atoms with Crippen LogP contribution < -0.4 is 10.6 Å². The van der Waals surface area contributed by atoms with E-state index in [-0.39, 0.29) is 18.0 Å². The number of pyridine rings is 1. The third kappa shape index (κ3) is 5.25. The van der Waals surface area contributed by atoms with Crippen LogP contribution in [0.2, 0.25) is 0 Å². The Morgan fingerprint density at radius 3 is 2.59 bits per heavy atom. The van der Waals surface area contributed by atoms with Crippen molar-refractivity contribution in [1.29, 1.82) is 0 Å². The Balaban J connectivity index is 1.53. The van der Waals surface area contributed by atoms with Gasteiger partial charge in [-0.1, -0.05) is 12.1 Å². The van der Waals surface area contributed by atoms with E-state index in [0.717, 1.165) is 11.4 Å². The number of amides is 2. The van der Waals surface area contributed by atoms with Crippen molar-refractivity contribution >= 4 is 23.4 Å². The van der Waals surface area contributed by atoms with Crippen molar-refractivity contribution in [2.45, 2.75) is 39.7 Å². The lowest BCUT2D eigenvalue weighted by molar-refractivity contribution is 0.0856. The highest BCUT2D eigenvalue weighted by molar-refractivity contribution is 5.92. The number of nitrogens with zero attached hydrogens (tertiary/aromatic N) is 2. The summed E-state index contributed by atoms with van der Waals surface area (Å²) in [4.78, 5) is 30.2. The smallest absolute Gasteiger partial charge is 0.409 e. The monoisotopic (exact) mass is 396 g/mol. The van der Waals surface area contributed by atoms with Crippen molar-refractivity contribution in [3.05, 3.63) is 53.3 Å². The fourth-order valence-electron chi connectivity index (χ4n) is 3.32. The number of likely N-dealkylation sites (tertiary alicyclic amines) is 1. The first kappa shape index (κ1) is 20.6. The van der Waals surface area contributed by atoms with Gasteiger partial charge in [-0.05, 0) is 62.9 Å². The van der Waals surface area contributed by atoms with Crippen LogP contribution in [-0.4, -0.2) is 47.6 Å². The van der Waals surface area contributed by atoms with Gasteiger partial charge in [0.05, 0.1) is 18.5 Å². The summed E-state index contributed by atoms with van der Waals surface area (Å²) < 4.78 is 5.02. The molecule has 0 aliphatic carbocycles. The van der Waals surface area contributed by atoms with Gasteiger partial charge in [0.15, 0.2) is 0 Å². The molecule has 1 aliphatic heterocycles. The number of aryl methyl sites for hydroxylation is 1. The number of anilines is 2. The number of piperidine rings is 1. The topological polar surface area (TPSA) is 83.6 Å². The SMILES string of the molecule is CCOC(=O)N1CCC(NC(=O)c2ccc(Nc3cccc(C)c3C)cn2)CC1. The van der Waals surface area contributed by atoms with Crippen LogP contribution in [0.25, 0.3) is 0 Å². The van der Waals surface area contributed by atoms with Crippen LogP contribution >= 0.6 is 0 Å². The second-order valence-corrected chi connectivity index (χ2v) is 7.24. The molecule has 2 amide bonds. The van der Waals surface area contributed by atoms with Crippen molar-refractivity contribution < 1.29 is 14.3 Å². The van der Waals surface area contributed by atoms with Gasteiger partial charge in [-0.2, -0.15) is 0 Å². The Bertz CT molecular complexity index is 859. The Hall–Kier alpha value is -3.09. The van der Waals surface area contributed by atoms with Crippen LogP contribution in [-0.2, 0) is 4.74 Å². The second-order valence-electron chi connectivity index (χ2n) is 7.24. The van der Waals surface area contributed by atoms with Gasteiger partial charge in [0.2, 0.25) is 0 Å². The Morgan fingerprint density at radius 1 is 1.17 bits per heavy atom. The average Bonchev–Trinajstić information content (AvgIpc) is 2.72. The zero-order valence-electron chi connectivity index (χ0n) is 17.2. The van der Waals surface area contributed by atoms with E-state index in [1.807, 2.05) is 18.2 Å². The molecule has 3 rings (SSSR count). The molecule has 2 heterocycles. The van der Waals surface area contributed by atoms with Crippen LogP contribution in [0.1, 0.15) is 41.4 Å². The van der Waals surface area contributed by atoms with Crippen LogP contribution in [0.3, 0.4) is 0 Å². The molecule has 2 N–H and O–H groups in total. The van der Waals surface area contributed by atoms with Crippen LogP contribution in [0, 0.1) is 13.8 Å². The Morgan fingerprint density at radius 2 is 1.93 bits per heavy atom. The summed E-state index contributed by atoms with van der Waals surface area (Å²) in [5.41, 5.74) is 4.64. The van der Waals surface area contributed by atoms with E-state index in [4.69, 9.17) is 4.74 Å². The van der Waals surface area contributed by atoms with Gasteiger partial charge >= 0.3 is 6.09 Å². The van der Waals surface area contributed by atoms with Gasteiger partial charge in [-0.15, -0.1) is 0 Å². The van der Waals surface area contributed by atoms with E-state index in [1.54, 1.807) is 24.1 Å². The zero-order chi connectivity index (χ0) is 20.8. The maximum Gasteiger partial charge on any atom is 0.409 e. The van der Waals surface area contributed by atoms with Gasteiger partial charge < -0.3 is 20.3 Å². The van der Waals surface area contributed by atoms with E-state index in [2.05, 4.69) is 35.5 Å². The first-order valence-corrected chi connectivity index (χ1v) is 9.99. The summed E-state index contributed by atoms with van der Waals surface area (Å²) in [5, 5.41) is 6.35. The lowest BCUT2D eigenvalue weighted by Gasteiger charge is -2.31. The number of hydrogen-bond donors (Lipinski definition) is 2. The third-order valence-electron chi connectivity index (χ3n) is 5.24. The van der Waals surface area contributed by atoms with Crippen molar-refractivity contribution in [2.75, 3.05) is 25.0 Å². The molecule has 7 nitrogen and oxygen atoms in total. The third-order valence-corrected chi connectivity index (χ3v) is 5.24. The predicted molar refractivity (Wildman–Crippen MR) is 113 cm³/mol. The van der Waals surface area contributed by atoms with E-state index in [1.165, 1.54) is 11.1 Å². The zero-order valence-corrected chi connectivity index (χ0v) is 17.2. The fraction of sp³-hybridized carbons (Fsp3) is 0.409. The molecule has 2 aromatic rings. The molecule has 0 unspecified atom stereocenters. The lowest BCUT2D eigenvalue weighted by Crippen LogP contribution is -2.46. The Labute approximate surface area is 171 Å². The molecule has 7 heteroatoms. The summed E-state index contributed by atoms with van der Waals surface area (Å²) in [7, 11) is 0. The van der Waals surface area contributed by atoms with Crippen LogP contribution in [0.15, 0.2) is 36.5 Å². The minimum atomic E-state index is -0.286. The molecular formula is C22H28N4O3. The molecule has 1 aromatic heterocycles. The predicted octanol–water partition coefficient (Wildman–Crippen LogP) is 3.79. The van der Waals surface area contributed by atoms with Gasteiger partial charge in [0.1, 0.15) is 5.69 Å². The fourth-order valence-corrected chi connectivity index (χ4v) is 3.32. The standard InChI is InChI=1S/C22H28N4O3/c1-4-29-22(28)26-12-10-17(11-13-26)25-21(27)20-9-8-18(14-23-20)24-19-7-5-6-15(2)16(19)3/h5-9,14,17,24H,4,10-13H2,1-3H3,(H,25,27). The maximum absolute atomic E-state index is 12.5. The van der Waals surface area contributed by atoms with Crippen molar-refractivity contribution in [1.82, 2.24) is 15.2 Å². The van der Waals surface area contributed by atoms with E-state index >= 15 is 0 Å². The summed E-state index contributed by atoms with van der Waals surface area (Å²) in [6.07, 6.45) is 2.79. The quantitative estimate of drug-likeness (QED) is 0.803. The molecule has 29 heavy (non-hydrogen) atoms. The summed E-state index contributed by atoms with van der Waals surface area (Å²) >= 11 is 0. The molecule has 0 atom stereocenters. The van der Waals surface area contributed by atoms with E-state index in [0.29, 0.717) is 38.2 Å². The van der Waals surface area contributed by atoms with Gasteiger partial charge in [-0.3, -0.25) is 4.79 Å². The highest BCUT2D eigenvalue weighted by atomic mass is 16.6. The normalized spacial score (nSPS) is 14.4. The molecule has 0 saturated carbocycles. The highest BCUT2D eigenvalue weighted by Gasteiger charge is 2.25. The van der Waals surface area contributed by atoms with Crippen molar-refractivity contribution in [3.63, 3.8) is 0 Å². The first-order valence-electron chi connectivity index (χ1n) is 9.99. The molecule has 0 radical (unpaired) electrons. The largest absolute Gasteiger partial charge is 0.450 e. The number of aromatic nitrogens is 1. The molecule has 0 spiro atoms. The number of nitrogens with one attached hydrogen (secondary N) is 2. The summed E-state index contributed by atoms with van der Waals surface area (Å²) in [6.45, 7) is 7.46. The number of hydrogen-bond acceptors (Lipinski definition) is 5. The number of rotatable bonds is 5. The molecule has 1 saturated heterocycles. The molecule has 1 fully saturated rings. The number of carbonyl (C=O) groups excluding carboxylic acids is 2. The molecule has 0 bridgehead atoms. The number of benzene rings is 1. The molecule has 1 aromatic carbocycles. The second kappa shape index (κ2) is 9.41. The molecule has 154 valence electrons. The van der Waals surface area contributed by atoms with Crippen LogP contribution in [0.5, 0.6) is 0 Å². The van der Waals surface area contributed by atoms with Gasteiger partial charge in [0, 0.05) is 24.8 Å². The lowest BCUT2D eigenvalue weighted by atomic mass is 10.1.